The smallest absolute Gasteiger partial charge is 0.243 e. The van der Waals surface area contributed by atoms with E-state index in [2.05, 4.69) is 27.8 Å². The van der Waals surface area contributed by atoms with Crippen molar-refractivity contribution in [2.75, 3.05) is 40.8 Å². The van der Waals surface area contributed by atoms with E-state index in [0.29, 0.717) is 30.5 Å². The van der Waals surface area contributed by atoms with Crippen LogP contribution in [-0.4, -0.2) is 63.7 Å². The Hall–Kier alpha value is -2.49. The largest absolute Gasteiger partial charge is 0.493 e. The van der Waals surface area contributed by atoms with Crippen molar-refractivity contribution in [2.24, 2.45) is 4.99 Å². The van der Waals surface area contributed by atoms with Gasteiger partial charge in [0.15, 0.2) is 17.5 Å². The van der Waals surface area contributed by atoms with Gasteiger partial charge in [-0.05, 0) is 31.0 Å². The summed E-state index contributed by atoms with van der Waals surface area (Å²) < 4.78 is 11.3. The molecule has 0 radical (unpaired) electrons. The summed E-state index contributed by atoms with van der Waals surface area (Å²) in [5.41, 5.74) is 1.24. The highest BCUT2D eigenvalue weighted by molar-refractivity contribution is 14.0. The van der Waals surface area contributed by atoms with E-state index in [1.165, 1.54) is 10.5 Å². The first-order valence-electron chi connectivity index (χ1n) is 10.1. The molecule has 1 amide bonds. The van der Waals surface area contributed by atoms with Gasteiger partial charge in [0.2, 0.25) is 5.91 Å². The number of methoxy groups -OCH3 is 1. The highest BCUT2D eigenvalue weighted by Gasteiger charge is 2.10. The number of hydrogen-bond acceptors (Lipinski definition) is 4. The van der Waals surface area contributed by atoms with Crippen LogP contribution in [0.4, 0.5) is 0 Å². The molecule has 0 heterocycles. The molecule has 2 aromatic rings. The number of para-hydroxylation sites is 2. The number of carbonyl (C=O) groups excluding carboxylic acids is 1. The van der Waals surface area contributed by atoms with E-state index >= 15 is 0 Å². The van der Waals surface area contributed by atoms with Gasteiger partial charge in [-0.15, -0.1) is 24.0 Å². The fraction of sp³-hybridized carbons (Fsp3) is 0.391. The van der Waals surface area contributed by atoms with Gasteiger partial charge >= 0.3 is 0 Å². The van der Waals surface area contributed by atoms with E-state index in [4.69, 9.17) is 9.47 Å². The van der Waals surface area contributed by atoms with Gasteiger partial charge in [-0.2, -0.15) is 0 Å². The number of nitrogens with one attached hydrogen (secondary N) is 2. The number of likely N-dealkylation sites (N-methyl/N-ethyl adjacent to an activating group) is 1. The molecule has 0 saturated heterocycles. The molecule has 31 heavy (non-hydrogen) atoms. The average molecular weight is 540 g/mol. The van der Waals surface area contributed by atoms with E-state index in [1.54, 1.807) is 21.2 Å². The molecule has 0 aliphatic rings. The van der Waals surface area contributed by atoms with Gasteiger partial charge in [-0.25, -0.2) is 4.99 Å². The summed E-state index contributed by atoms with van der Waals surface area (Å²) in [5, 5.41) is 6.55. The van der Waals surface area contributed by atoms with E-state index in [9.17, 15) is 4.79 Å². The van der Waals surface area contributed by atoms with Crippen molar-refractivity contribution in [3.8, 4) is 11.5 Å². The lowest BCUT2D eigenvalue weighted by molar-refractivity contribution is -0.127. The number of hydrogen-bond donors (Lipinski definition) is 2. The molecule has 7 nitrogen and oxygen atoms in total. The minimum absolute atomic E-state index is 0. The first-order valence-corrected chi connectivity index (χ1v) is 10.1. The molecule has 0 aliphatic carbocycles. The van der Waals surface area contributed by atoms with Crippen molar-refractivity contribution in [3.05, 3.63) is 60.2 Å². The Balaban J connectivity index is 0.00000480. The Labute approximate surface area is 202 Å². The van der Waals surface area contributed by atoms with E-state index in [-0.39, 0.29) is 42.5 Å². The van der Waals surface area contributed by atoms with Crippen LogP contribution in [-0.2, 0) is 11.2 Å². The predicted molar refractivity (Wildman–Crippen MR) is 136 cm³/mol. The Kier molecular flexibility index (Phi) is 12.4. The minimum Gasteiger partial charge on any atom is -0.493 e. The third-order valence-corrected chi connectivity index (χ3v) is 4.37. The summed E-state index contributed by atoms with van der Waals surface area (Å²) in [6.07, 6.45) is 0.725. The standard InChI is InChI=1S/C23H32N4O3.HI/c1-18(30-21-13-9-8-12-20(21)29-4)16-25-23(26-17-22(28)27(2)3)24-15-14-19-10-6-5-7-11-19;/h5-13,18H,14-17H2,1-4H3,(H2,24,25,26);1H. The average Bonchev–Trinajstić information content (AvgIpc) is 2.76. The number of ether oxygens (including phenoxy) is 2. The third kappa shape index (κ3) is 9.91. The SMILES string of the molecule is COc1ccccc1OC(C)CNC(=NCC(=O)N(C)C)NCCc1ccccc1.I. The predicted octanol–water partition coefficient (Wildman–Crippen LogP) is 2.95. The molecule has 0 saturated carbocycles. The number of guanidine groups is 1. The number of rotatable bonds is 10. The normalized spacial score (nSPS) is 11.7. The fourth-order valence-corrected chi connectivity index (χ4v) is 2.65. The zero-order valence-electron chi connectivity index (χ0n) is 18.6. The molecule has 1 unspecified atom stereocenters. The van der Waals surface area contributed by atoms with E-state index in [0.717, 1.165) is 6.42 Å². The van der Waals surface area contributed by atoms with Crippen LogP contribution in [0.3, 0.4) is 0 Å². The molecular formula is C23H33IN4O3. The second-order valence-electron chi connectivity index (χ2n) is 7.08. The van der Waals surface area contributed by atoms with Gasteiger partial charge in [0.25, 0.3) is 0 Å². The van der Waals surface area contributed by atoms with Crippen LogP contribution >= 0.6 is 24.0 Å². The third-order valence-electron chi connectivity index (χ3n) is 4.37. The molecule has 0 aliphatic heterocycles. The first-order chi connectivity index (χ1) is 14.5. The van der Waals surface area contributed by atoms with Gasteiger partial charge < -0.3 is 25.0 Å². The number of nitrogens with zero attached hydrogens (tertiary/aromatic N) is 2. The molecule has 0 aromatic heterocycles. The molecular weight excluding hydrogens is 507 g/mol. The maximum atomic E-state index is 11.9. The summed E-state index contributed by atoms with van der Waals surface area (Å²) in [6.45, 7) is 3.26. The zero-order chi connectivity index (χ0) is 21.8. The Morgan fingerprint density at radius 2 is 1.68 bits per heavy atom. The van der Waals surface area contributed by atoms with Crippen LogP contribution in [0.5, 0.6) is 11.5 Å². The second-order valence-corrected chi connectivity index (χ2v) is 7.08. The number of benzene rings is 2. The maximum absolute atomic E-state index is 11.9. The van der Waals surface area contributed by atoms with Gasteiger partial charge in [0, 0.05) is 20.6 Å². The number of aliphatic imine (C=N–C) groups is 1. The molecule has 0 bridgehead atoms. The highest BCUT2D eigenvalue weighted by Crippen LogP contribution is 2.26. The molecule has 0 spiro atoms. The van der Waals surface area contributed by atoms with Crippen LogP contribution in [0.15, 0.2) is 59.6 Å². The summed E-state index contributed by atoms with van der Waals surface area (Å²) in [4.78, 5) is 17.9. The molecule has 0 fully saturated rings. The quantitative estimate of drug-likeness (QED) is 0.276. The molecule has 2 N–H and O–H groups in total. The van der Waals surface area contributed by atoms with Crippen molar-refractivity contribution in [2.45, 2.75) is 19.4 Å². The van der Waals surface area contributed by atoms with Crippen LogP contribution in [0.2, 0.25) is 0 Å². The fourth-order valence-electron chi connectivity index (χ4n) is 2.65. The molecule has 1 atom stereocenters. The number of amides is 1. The lowest BCUT2D eigenvalue weighted by atomic mass is 10.1. The number of halogens is 1. The van der Waals surface area contributed by atoms with Crippen molar-refractivity contribution in [1.29, 1.82) is 0 Å². The highest BCUT2D eigenvalue weighted by atomic mass is 127. The van der Waals surface area contributed by atoms with Crippen LogP contribution < -0.4 is 20.1 Å². The molecule has 2 rings (SSSR count). The maximum Gasteiger partial charge on any atom is 0.243 e. The minimum atomic E-state index is -0.132. The zero-order valence-corrected chi connectivity index (χ0v) is 21.0. The van der Waals surface area contributed by atoms with Gasteiger partial charge in [-0.1, -0.05) is 42.5 Å². The topological polar surface area (TPSA) is 75.2 Å². The van der Waals surface area contributed by atoms with Crippen molar-refractivity contribution in [3.63, 3.8) is 0 Å². The van der Waals surface area contributed by atoms with Gasteiger partial charge in [-0.3, -0.25) is 4.79 Å². The lowest BCUT2D eigenvalue weighted by Crippen LogP contribution is -2.43. The summed E-state index contributed by atoms with van der Waals surface area (Å²) >= 11 is 0. The van der Waals surface area contributed by atoms with Crippen LogP contribution in [0.25, 0.3) is 0 Å². The summed E-state index contributed by atoms with van der Waals surface area (Å²) in [7, 11) is 5.06. The van der Waals surface area contributed by atoms with Crippen molar-refractivity contribution >= 4 is 35.8 Å². The van der Waals surface area contributed by atoms with E-state index in [1.807, 2.05) is 49.4 Å². The van der Waals surface area contributed by atoms with Crippen molar-refractivity contribution < 1.29 is 14.3 Å². The van der Waals surface area contributed by atoms with E-state index < -0.39 is 0 Å². The monoisotopic (exact) mass is 540 g/mol. The molecule has 170 valence electrons. The van der Waals surface area contributed by atoms with Gasteiger partial charge in [0.1, 0.15) is 12.6 Å². The first kappa shape index (κ1) is 26.5. The second kappa shape index (κ2) is 14.5. The van der Waals surface area contributed by atoms with Gasteiger partial charge in [0.05, 0.1) is 13.7 Å². The lowest BCUT2D eigenvalue weighted by Gasteiger charge is -2.19. The van der Waals surface area contributed by atoms with Crippen LogP contribution in [0.1, 0.15) is 12.5 Å². The van der Waals surface area contributed by atoms with Crippen molar-refractivity contribution in [1.82, 2.24) is 15.5 Å². The summed E-state index contributed by atoms with van der Waals surface area (Å²) in [6, 6.07) is 17.8. The van der Waals surface area contributed by atoms with Crippen LogP contribution in [0, 0.1) is 0 Å². The Morgan fingerprint density at radius 3 is 2.32 bits per heavy atom. The Bertz CT molecular complexity index is 815. The molecule has 2 aromatic carbocycles. The molecule has 8 heteroatoms. The Morgan fingerprint density at radius 1 is 1.03 bits per heavy atom. The summed E-state index contributed by atoms with van der Waals surface area (Å²) in [5.74, 6) is 1.90. The number of carbonyl (C=O) groups is 1.